The van der Waals surface area contributed by atoms with Gasteiger partial charge in [0.1, 0.15) is 0 Å². The standard InChI is InChI=1S/C20H26N2O5/c1-24-11-5-10-21-15-6-8-16(9-7-15)22-20(23)14-12-17(25-2)19(27-4)18(13-14)26-3/h6-9,12-13,21H,5,10-11H2,1-4H3,(H,22,23). The summed E-state index contributed by atoms with van der Waals surface area (Å²) in [6.07, 6.45) is 0.927. The smallest absolute Gasteiger partial charge is 0.255 e. The molecular weight excluding hydrogens is 348 g/mol. The van der Waals surface area contributed by atoms with Crippen LogP contribution in [-0.2, 0) is 4.74 Å². The van der Waals surface area contributed by atoms with Crippen LogP contribution in [0.5, 0.6) is 17.2 Å². The summed E-state index contributed by atoms with van der Waals surface area (Å²) in [5.41, 5.74) is 2.08. The van der Waals surface area contributed by atoms with Gasteiger partial charge in [-0.2, -0.15) is 0 Å². The molecule has 0 aromatic heterocycles. The molecule has 0 heterocycles. The van der Waals surface area contributed by atoms with E-state index in [-0.39, 0.29) is 5.91 Å². The van der Waals surface area contributed by atoms with E-state index >= 15 is 0 Å². The number of carbonyl (C=O) groups excluding carboxylic acids is 1. The molecule has 0 aliphatic rings. The Labute approximate surface area is 159 Å². The number of nitrogens with one attached hydrogen (secondary N) is 2. The first kappa shape index (κ1) is 20.4. The monoisotopic (exact) mass is 374 g/mol. The molecule has 7 nitrogen and oxygen atoms in total. The lowest BCUT2D eigenvalue weighted by molar-refractivity contribution is 0.102. The van der Waals surface area contributed by atoms with Gasteiger partial charge in [-0.05, 0) is 42.8 Å². The van der Waals surface area contributed by atoms with Crippen molar-refractivity contribution in [1.82, 2.24) is 0 Å². The predicted octanol–water partition coefficient (Wildman–Crippen LogP) is 3.41. The predicted molar refractivity (Wildman–Crippen MR) is 105 cm³/mol. The summed E-state index contributed by atoms with van der Waals surface area (Å²) < 4.78 is 20.9. The lowest BCUT2D eigenvalue weighted by Crippen LogP contribution is -2.12. The lowest BCUT2D eigenvalue weighted by atomic mass is 10.1. The Balaban J connectivity index is 2.06. The maximum absolute atomic E-state index is 12.6. The third-order valence-corrected chi connectivity index (χ3v) is 3.92. The summed E-state index contributed by atoms with van der Waals surface area (Å²) in [5.74, 6) is 1.03. The van der Waals surface area contributed by atoms with E-state index in [1.54, 1.807) is 19.2 Å². The number of methoxy groups -OCH3 is 4. The van der Waals surface area contributed by atoms with E-state index in [9.17, 15) is 4.79 Å². The zero-order chi connectivity index (χ0) is 19.6. The molecule has 27 heavy (non-hydrogen) atoms. The normalized spacial score (nSPS) is 10.2. The van der Waals surface area contributed by atoms with Gasteiger partial charge < -0.3 is 29.6 Å². The fourth-order valence-corrected chi connectivity index (χ4v) is 2.54. The summed E-state index contributed by atoms with van der Waals surface area (Å²) >= 11 is 0. The van der Waals surface area contributed by atoms with Gasteiger partial charge in [-0.25, -0.2) is 0 Å². The van der Waals surface area contributed by atoms with Crippen molar-refractivity contribution in [2.75, 3.05) is 52.2 Å². The molecule has 0 saturated carbocycles. The first-order valence-corrected chi connectivity index (χ1v) is 8.57. The molecule has 2 aromatic carbocycles. The largest absolute Gasteiger partial charge is 0.493 e. The van der Waals surface area contributed by atoms with Crippen LogP contribution in [0, 0.1) is 0 Å². The summed E-state index contributed by atoms with van der Waals surface area (Å²) in [5, 5.41) is 6.16. The van der Waals surface area contributed by atoms with Crippen LogP contribution in [-0.4, -0.2) is 47.5 Å². The van der Waals surface area contributed by atoms with E-state index in [4.69, 9.17) is 18.9 Å². The van der Waals surface area contributed by atoms with Crippen molar-refractivity contribution < 1.29 is 23.7 Å². The number of amides is 1. The average molecular weight is 374 g/mol. The van der Waals surface area contributed by atoms with Gasteiger partial charge in [-0.3, -0.25) is 4.79 Å². The second-order valence-corrected chi connectivity index (χ2v) is 5.72. The van der Waals surface area contributed by atoms with Gasteiger partial charge in [0.15, 0.2) is 11.5 Å². The minimum atomic E-state index is -0.268. The van der Waals surface area contributed by atoms with Crippen LogP contribution in [0.3, 0.4) is 0 Å². The van der Waals surface area contributed by atoms with Crippen molar-refractivity contribution in [2.24, 2.45) is 0 Å². The van der Waals surface area contributed by atoms with E-state index < -0.39 is 0 Å². The summed E-state index contributed by atoms with van der Waals surface area (Å²) in [4.78, 5) is 12.6. The van der Waals surface area contributed by atoms with Crippen molar-refractivity contribution in [1.29, 1.82) is 0 Å². The zero-order valence-electron chi connectivity index (χ0n) is 16.1. The van der Waals surface area contributed by atoms with Crippen molar-refractivity contribution in [2.45, 2.75) is 6.42 Å². The number of hydrogen-bond acceptors (Lipinski definition) is 6. The third kappa shape index (κ3) is 5.52. The van der Waals surface area contributed by atoms with Crippen LogP contribution in [0.2, 0.25) is 0 Å². The molecule has 0 fully saturated rings. The first-order valence-electron chi connectivity index (χ1n) is 8.57. The minimum absolute atomic E-state index is 0.268. The average Bonchev–Trinajstić information content (AvgIpc) is 2.71. The van der Waals surface area contributed by atoms with Crippen molar-refractivity contribution >= 4 is 17.3 Å². The van der Waals surface area contributed by atoms with Crippen LogP contribution in [0.1, 0.15) is 16.8 Å². The molecule has 2 rings (SSSR count). The molecule has 0 bridgehead atoms. The maximum atomic E-state index is 12.6. The first-order chi connectivity index (χ1) is 13.1. The van der Waals surface area contributed by atoms with Crippen molar-refractivity contribution in [3.63, 3.8) is 0 Å². The minimum Gasteiger partial charge on any atom is -0.493 e. The Morgan fingerprint density at radius 2 is 1.48 bits per heavy atom. The van der Waals surface area contributed by atoms with Crippen LogP contribution >= 0.6 is 0 Å². The quantitative estimate of drug-likeness (QED) is 0.621. The Morgan fingerprint density at radius 1 is 0.889 bits per heavy atom. The van der Waals surface area contributed by atoms with Gasteiger partial charge in [-0.1, -0.05) is 0 Å². The molecule has 0 aliphatic heterocycles. The number of carbonyl (C=O) groups is 1. The molecule has 2 N–H and O–H groups in total. The summed E-state index contributed by atoms with van der Waals surface area (Å²) in [6.45, 7) is 1.54. The third-order valence-electron chi connectivity index (χ3n) is 3.92. The molecule has 2 aromatic rings. The van der Waals surface area contributed by atoms with Crippen LogP contribution in [0.4, 0.5) is 11.4 Å². The van der Waals surface area contributed by atoms with Gasteiger partial charge >= 0.3 is 0 Å². The molecule has 0 radical (unpaired) electrons. The molecule has 1 amide bonds. The van der Waals surface area contributed by atoms with Gasteiger partial charge in [-0.15, -0.1) is 0 Å². The van der Waals surface area contributed by atoms with E-state index in [0.717, 1.165) is 25.3 Å². The highest BCUT2D eigenvalue weighted by molar-refractivity contribution is 6.05. The molecule has 7 heteroatoms. The van der Waals surface area contributed by atoms with Gasteiger partial charge in [0.25, 0.3) is 5.91 Å². The van der Waals surface area contributed by atoms with Crippen LogP contribution in [0.25, 0.3) is 0 Å². The van der Waals surface area contributed by atoms with Crippen molar-refractivity contribution in [3.8, 4) is 17.2 Å². The van der Waals surface area contributed by atoms with Gasteiger partial charge in [0.2, 0.25) is 5.75 Å². The molecule has 0 spiro atoms. The fourth-order valence-electron chi connectivity index (χ4n) is 2.54. The van der Waals surface area contributed by atoms with Gasteiger partial charge in [0.05, 0.1) is 21.3 Å². The number of anilines is 2. The molecule has 0 atom stereocenters. The van der Waals surface area contributed by atoms with Crippen molar-refractivity contribution in [3.05, 3.63) is 42.0 Å². The second kappa shape index (κ2) is 10.3. The topological polar surface area (TPSA) is 78.1 Å². The molecular formula is C20H26N2O5. The molecule has 146 valence electrons. The Kier molecular flexibility index (Phi) is 7.76. The van der Waals surface area contributed by atoms with E-state index in [2.05, 4.69) is 10.6 Å². The lowest BCUT2D eigenvalue weighted by Gasteiger charge is -2.14. The Hall–Kier alpha value is -2.93. The van der Waals surface area contributed by atoms with Crippen LogP contribution in [0.15, 0.2) is 36.4 Å². The number of hydrogen-bond donors (Lipinski definition) is 2. The fraction of sp³-hybridized carbons (Fsp3) is 0.350. The molecule has 0 unspecified atom stereocenters. The Morgan fingerprint density at radius 3 is 2.00 bits per heavy atom. The SMILES string of the molecule is COCCCNc1ccc(NC(=O)c2cc(OC)c(OC)c(OC)c2)cc1. The summed E-state index contributed by atoms with van der Waals surface area (Å²) in [7, 11) is 6.23. The number of benzene rings is 2. The van der Waals surface area contributed by atoms with Gasteiger partial charge in [0, 0.05) is 37.2 Å². The molecule has 0 saturated heterocycles. The second-order valence-electron chi connectivity index (χ2n) is 5.72. The Bertz CT molecular complexity index is 722. The highest BCUT2D eigenvalue weighted by Crippen LogP contribution is 2.38. The summed E-state index contributed by atoms with van der Waals surface area (Å²) in [6, 6.07) is 10.7. The number of rotatable bonds is 10. The maximum Gasteiger partial charge on any atom is 0.255 e. The highest BCUT2D eigenvalue weighted by Gasteiger charge is 2.17. The van der Waals surface area contributed by atoms with E-state index in [1.165, 1.54) is 21.3 Å². The number of ether oxygens (including phenoxy) is 4. The zero-order valence-corrected chi connectivity index (χ0v) is 16.1. The highest BCUT2D eigenvalue weighted by atomic mass is 16.5. The van der Waals surface area contributed by atoms with E-state index in [1.807, 2.05) is 24.3 Å². The van der Waals surface area contributed by atoms with Crippen LogP contribution < -0.4 is 24.8 Å². The van der Waals surface area contributed by atoms with E-state index in [0.29, 0.717) is 28.5 Å². The molecule has 0 aliphatic carbocycles.